The number of hydrogen-bond acceptors (Lipinski definition) is 2. The van der Waals surface area contributed by atoms with E-state index in [9.17, 15) is 0 Å². The van der Waals surface area contributed by atoms with E-state index in [-0.39, 0.29) is 6.29 Å². The predicted molar refractivity (Wildman–Crippen MR) is 102 cm³/mol. The molecule has 0 heterocycles. The third kappa shape index (κ3) is 18.1. The van der Waals surface area contributed by atoms with E-state index in [2.05, 4.69) is 20.8 Å². The fourth-order valence-electron chi connectivity index (χ4n) is 2.82. The molecule has 0 bridgehead atoms. The molecule has 0 aromatic heterocycles. The van der Waals surface area contributed by atoms with Crippen molar-refractivity contribution in [3.63, 3.8) is 0 Å². The predicted octanol–water partition coefficient (Wildman–Crippen LogP) is 7.26. The van der Waals surface area contributed by atoms with Crippen molar-refractivity contribution in [3.8, 4) is 0 Å². The summed E-state index contributed by atoms with van der Waals surface area (Å²) in [4.78, 5) is 0. The highest BCUT2D eigenvalue weighted by Crippen LogP contribution is 2.11. The first-order valence-electron chi connectivity index (χ1n) is 10.6. The third-order valence-corrected chi connectivity index (χ3v) is 4.38. The maximum atomic E-state index is 5.93. The zero-order valence-electron chi connectivity index (χ0n) is 16.4. The van der Waals surface area contributed by atoms with Gasteiger partial charge in [0.05, 0.1) is 0 Å². The summed E-state index contributed by atoms with van der Waals surface area (Å²) in [5.41, 5.74) is 0. The maximum Gasteiger partial charge on any atom is 0.157 e. The molecule has 0 aliphatic rings. The number of rotatable bonds is 19. The van der Waals surface area contributed by atoms with Crippen molar-refractivity contribution in [2.45, 2.75) is 123 Å². The lowest BCUT2D eigenvalue weighted by Crippen LogP contribution is -2.18. The van der Waals surface area contributed by atoms with Crippen molar-refractivity contribution in [2.24, 2.45) is 0 Å². The SMILES string of the molecule is CCCCCCCCCOC(CCC)OCCCCCCCC. The molecule has 140 valence electrons. The Morgan fingerprint density at radius 1 is 0.478 bits per heavy atom. The molecule has 0 rings (SSSR count). The van der Waals surface area contributed by atoms with Crippen molar-refractivity contribution in [1.82, 2.24) is 0 Å². The summed E-state index contributed by atoms with van der Waals surface area (Å²) >= 11 is 0. The summed E-state index contributed by atoms with van der Waals surface area (Å²) in [5, 5.41) is 0. The van der Waals surface area contributed by atoms with Gasteiger partial charge in [-0.2, -0.15) is 0 Å². The molecule has 0 N–H and O–H groups in total. The molecule has 2 nitrogen and oxygen atoms in total. The second kappa shape index (κ2) is 20.0. The quantitative estimate of drug-likeness (QED) is 0.183. The Morgan fingerprint density at radius 2 is 0.870 bits per heavy atom. The monoisotopic (exact) mass is 328 g/mol. The third-order valence-electron chi connectivity index (χ3n) is 4.38. The smallest absolute Gasteiger partial charge is 0.157 e. The molecular weight excluding hydrogens is 284 g/mol. The minimum atomic E-state index is 0.0377. The molecule has 0 spiro atoms. The van der Waals surface area contributed by atoms with Gasteiger partial charge in [-0.1, -0.05) is 97.8 Å². The van der Waals surface area contributed by atoms with E-state index >= 15 is 0 Å². The van der Waals surface area contributed by atoms with Crippen molar-refractivity contribution in [2.75, 3.05) is 13.2 Å². The summed E-state index contributed by atoms with van der Waals surface area (Å²) in [6.45, 7) is 8.48. The van der Waals surface area contributed by atoms with Crippen LogP contribution in [0.4, 0.5) is 0 Å². The van der Waals surface area contributed by atoms with E-state index in [1.54, 1.807) is 0 Å². The molecule has 0 saturated heterocycles. The van der Waals surface area contributed by atoms with Crippen LogP contribution in [0.15, 0.2) is 0 Å². The minimum absolute atomic E-state index is 0.0377. The van der Waals surface area contributed by atoms with E-state index in [1.807, 2.05) is 0 Å². The molecule has 2 heteroatoms. The van der Waals surface area contributed by atoms with Gasteiger partial charge < -0.3 is 9.47 Å². The van der Waals surface area contributed by atoms with Crippen LogP contribution in [0.25, 0.3) is 0 Å². The average Bonchev–Trinajstić information content (AvgIpc) is 2.56. The van der Waals surface area contributed by atoms with Crippen LogP contribution in [0, 0.1) is 0 Å². The van der Waals surface area contributed by atoms with Gasteiger partial charge in [-0.15, -0.1) is 0 Å². The molecular formula is C21H44O2. The second-order valence-corrected chi connectivity index (χ2v) is 6.85. The van der Waals surface area contributed by atoms with Crippen molar-refractivity contribution < 1.29 is 9.47 Å². The molecule has 23 heavy (non-hydrogen) atoms. The zero-order chi connectivity index (χ0) is 17.0. The van der Waals surface area contributed by atoms with Gasteiger partial charge in [-0.25, -0.2) is 0 Å². The normalized spacial score (nSPS) is 12.7. The van der Waals surface area contributed by atoms with E-state index in [4.69, 9.17) is 9.47 Å². The first-order chi connectivity index (χ1) is 11.3. The Hall–Kier alpha value is -0.0800. The van der Waals surface area contributed by atoms with E-state index in [1.165, 1.54) is 83.5 Å². The van der Waals surface area contributed by atoms with E-state index < -0.39 is 0 Å². The topological polar surface area (TPSA) is 18.5 Å². The van der Waals surface area contributed by atoms with E-state index in [0.29, 0.717) is 0 Å². The molecule has 1 atom stereocenters. The van der Waals surface area contributed by atoms with Crippen LogP contribution < -0.4 is 0 Å². The van der Waals surface area contributed by atoms with Crippen LogP contribution in [-0.2, 0) is 9.47 Å². The first kappa shape index (κ1) is 22.9. The summed E-state index contributed by atoms with van der Waals surface area (Å²) in [7, 11) is 0. The molecule has 0 fully saturated rings. The van der Waals surface area contributed by atoms with Crippen LogP contribution >= 0.6 is 0 Å². The maximum absolute atomic E-state index is 5.93. The second-order valence-electron chi connectivity index (χ2n) is 6.85. The Morgan fingerprint density at radius 3 is 1.26 bits per heavy atom. The first-order valence-corrected chi connectivity index (χ1v) is 10.6. The molecule has 0 radical (unpaired) electrons. The van der Waals surface area contributed by atoms with Crippen molar-refractivity contribution in [1.29, 1.82) is 0 Å². The van der Waals surface area contributed by atoms with Crippen molar-refractivity contribution >= 4 is 0 Å². The highest BCUT2D eigenvalue weighted by Gasteiger charge is 2.07. The van der Waals surface area contributed by atoms with Gasteiger partial charge in [0.2, 0.25) is 0 Å². The number of hydrogen-bond donors (Lipinski definition) is 0. The summed E-state index contributed by atoms with van der Waals surface area (Å²) in [5.74, 6) is 0. The summed E-state index contributed by atoms with van der Waals surface area (Å²) in [6, 6.07) is 0. The Balaban J connectivity index is 3.43. The Labute approximate surface area is 146 Å². The molecule has 0 aromatic rings. The minimum Gasteiger partial charge on any atom is -0.353 e. The van der Waals surface area contributed by atoms with Gasteiger partial charge in [-0.05, 0) is 19.3 Å². The Kier molecular flexibility index (Phi) is 19.9. The molecule has 1 unspecified atom stereocenters. The lowest BCUT2D eigenvalue weighted by molar-refractivity contribution is -0.147. The van der Waals surface area contributed by atoms with Gasteiger partial charge in [-0.3, -0.25) is 0 Å². The summed E-state index contributed by atoms with van der Waals surface area (Å²) < 4.78 is 11.9. The number of unbranched alkanes of at least 4 members (excludes halogenated alkanes) is 11. The van der Waals surface area contributed by atoms with Crippen LogP contribution in [0.2, 0.25) is 0 Å². The van der Waals surface area contributed by atoms with Gasteiger partial charge in [0.15, 0.2) is 6.29 Å². The molecule has 0 aliphatic heterocycles. The molecule has 0 aliphatic carbocycles. The molecule has 0 amide bonds. The van der Waals surface area contributed by atoms with Crippen LogP contribution in [0.3, 0.4) is 0 Å². The zero-order valence-corrected chi connectivity index (χ0v) is 16.4. The number of ether oxygens (including phenoxy) is 2. The molecule has 0 saturated carbocycles. The fraction of sp³-hybridized carbons (Fsp3) is 1.00. The van der Waals surface area contributed by atoms with Gasteiger partial charge in [0.1, 0.15) is 0 Å². The lowest BCUT2D eigenvalue weighted by Gasteiger charge is -2.18. The standard InChI is InChI=1S/C21H44O2/c1-4-7-9-11-13-15-17-20-23-21(18-6-3)22-19-16-14-12-10-8-5-2/h21H,4-20H2,1-3H3. The largest absolute Gasteiger partial charge is 0.353 e. The van der Waals surface area contributed by atoms with Crippen LogP contribution in [-0.4, -0.2) is 19.5 Å². The van der Waals surface area contributed by atoms with Gasteiger partial charge in [0.25, 0.3) is 0 Å². The van der Waals surface area contributed by atoms with Crippen molar-refractivity contribution in [3.05, 3.63) is 0 Å². The Bertz CT molecular complexity index is 206. The van der Waals surface area contributed by atoms with Crippen LogP contribution in [0.5, 0.6) is 0 Å². The van der Waals surface area contributed by atoms with Gasteiger partial charge in [0, 0.05) is 13.2 Å². The fourth-order valence-corrected chi connectivity index (χ4v) is 2.82. The highest BCUT2D eigenvalue weighted by atomic mass is 16.7. The molecule has 0 aromatic carbocycles. The average molecular weight is 329 g/mol. The van der Waals surface area contributed by atoms with Gasteiger partial charge >= 0.3 is 0 Å². The highest BCUT2D eigenvalue weighted by molar-refractivity contribution is 4.49. The van der Waals surface area contributed by atoms with E-state index in [0.717, 1.165) is 26.1 Å². The van der Waals surface area contributed by atoms with Crippen LogP contribution in [0.1, 0.15) is 117 Å². The lowest BCUT2D eigenvalue weighted by atomic mass is 10.1. The summed E-state index contributed by atoms with van der Waals surface area (Å²) in [6.07, 6.45) is 19.5.